The lowest BCUT2D eigenvalue weighted by Gasteiger charge is -2.25. The molecule has 1 aliphatic rings. The molecule has 72 valence electrons. The van der Waals surface area contributed by atoms with E-state index < -0.39 is 0 Å². The standard InChI is InChI=1S/C12H18S/c1-10-2-4-11(5-3-10)8-12-6-7-13-9-12/h6-7,9-11H,2-5,8H2,1H3. The molecule has 0 N–H and O–H groups in total. The minimum atomic E-state index is 0.978. The topological polar surface area (TPSA) is 0 Å². The van der Waals surface area contributed by atoms with Crippen LogP contribution < -0.4 is 0 Å². The van der Waals surface area contributed by atoms with Crippen molar-refractivity contribution < 1.29 is 0 Å². The van der Waals surface area contributed by atoms with Crippen LogP contribution in [0.4, 0.5) is 0 Å². The molecule has 1 heterocycles. The minimum Gasteiger partial charge on any atom is -0.152 e. The predicted molar refractivity (Wildman–Crippen MR) is 59.1 cm³/mol. The highest BCUT2D eigenvalue weighted by atomic mass is 32.1. The Labute approximate surface area is 85.0 Å². The first-order chi connectivity index (χ1) is 6.34. The normalized spacial score (nSPS) is 29.0. The summed E-state index contributed by atoms with van der Waals surface area (Å²) in [6.07, 6.45) is 7.15. The zero-order chi connectivity index (χ0) is 9.10. The van der Waals surface area contributed by atoms with Gasteiger partial charge in [-0.3, -0.25) is 0 Å². The largest absolute Gasteiger partial charge is 0.152 e. The highest BCUT2D eigenvalue weighted by Gasteiger charge is 2.18. The lowest BCUT2D eigenvalue weighted by Crippen LogP contribution is -2.13. The fourth-order valence-electron chi connectivity index (χ4n) is 2.28. The minimum absolute atomic E-state index is 0.978. The van der Waals surface area contributed by atoms with Crippen LogP contribution in [0.3, 0.4) is 0 Å². The zero-order valence-corrected chi connectivity index (χ0v) is 9.15. The van der Waals surface area contributed by atoms with E-state index in [0.29, 0.717) is 0 Å². The molecule has 0 bridgehead atoms. The van der Waals surface area contributed by atoms with Crippen LogP contribution in [-0.4, -0.2) is 0 Å². The fourth-order valence-corrected chi connectivity index (χ4v) is 2.96. The second kappa shape index (κ2) is 4.28. The molecule has 1 aromatic rings. The fraction of sp³-hybridized carbons (Fsp3) is 0.667. The molecule has 0 aliphatic heterocycles. The van der Waals surface area contributed by atoms with E-state index in [4.69, 9.17) is 0 Å². The first-order valence-corrected chi connectivity index (χ1v) is 6.30. The summed E-state index contributed by atoms with van der Waals surface area (Å²) in [5, 5.41) is 4.50. The molecule has 0 unspecified atom stereocenters. The summed E-state index contributed by atoms with van der Waals surface area (Å²) in [7, 11) is 0. The van der Waals surface area contributed by atoms with Crippen LogP contribution in [0, 0.1) is 11.8 Å². The maximum atomic E-state index is 2.39. The SMILES string of the molecule is CC1CCC(Cc2ccsc2)CC1. The van der Waals surface area contributed by atoms with Crippen molar-refractivity contribution in [3.63, 3.8) is 0 Å². The molecular formula is C12H18S. The van der Waals surface area contributed by atoms with E-state index >= 15 is 0 Å². The van der Waals surface area contributed by atoms with Gasteiger partial charge >= 0.3 is 0 Å². The molecule has 0 aromatic carbocycles. The molecule has 1 heteroatoms. The zero-order valence-electron chi connectivity index (χ0n) is 8.33. The molecule has 0 radical (unpaired) electrons. The molecule has 2 rings (SSSR count). The van der Waals surface area contributed by atoms with Crippen molar-refractivity contribution in [2.75, 3.05) is 0 Å². The lowest BCUT2D eigenvalue weighted by molar-refractivity contribution is 0.289. The summed E-state index contributed by atoms with van der Waals surface area (Å²) in [5.74, 6) is 1.96. The average Bonchev–Trinajstić information content (AvgIpc) is 2.62. The summed E-state index contributed by atoms with van der Waals surface area (Å²) in [5.41, 5.74) is 1.56. The third-order valence-corrected chi connectivity index (χ3v) is 3.97. The van der Waals surface area contributed by atoms with Gasteiger partial charge in [-0.25, -0.2) is 0 Å². The van der Waals surface area contributed by atoms with E-state index in [0.717, 1.165) is 11.8 Å². The van der Waals surface area contributed by atoms with E-state index in [1.165, 1.54) is 32.1 Å². The van der Waals surface area contributed by atoms with Gasteiger partial charge < -0.3 is 0 Å². The second-order valence-electron chi connectivity index (χ2n) is 4.46. The molecule has 1 aromatic heterocycles. The first kappa shape index (κ1) is 9.26. The van der Waals surface area contributed by atoms with Crippen LogP contribution in [0.15, 0.2) is 16.8 Å². The van der Waals surface area contributed by atoms with Crippen LogP contribution in [0.1, 0.15) is 38.2 Å². The van der Waals surface area contributed by atoms with Gasteiger partial charge in [0.1, 0.15) is 0 Å². The van der Waals surface area contributed by atoms with E-state index in [1.807, 2.05) is 11.3 Å². The lowest BCUT2D eigenvalue weighted by atomic mass is 9.80. The van der Waals surface area contributed by atoms with Crippen molar-refractivity contribution in [2.24, 2.45) is 11.8 Å². The summed E-state index contributed by atoms with van der Waals surface area (Å²) >= 11 is 1.83. The Morgan fingerprint density at radius 1 is 1.31 bits per heavy atom. The van der Waals surface area contributed by atoms with Crippen molar-refractivity contribution in [2.45, 2.75) is 39.0 Å². The van der Waals surface area contributed by atoms with Crippen LogP contribution in [0.5, 0.6) is 0 Å². The van der Waals surface area contributed by atoms with Crippen molar-refractivity contribution in [1.29, 1.82) is 0 Å². The molecule has 13 heavy (non-hydrogen) atoms. The average molecular weight is 194 g/mol. The van der Waals surface area contributed by atoms with Gasteiger partial charge in [-0.2, -0.15) is 11.3 Å². The number of hydrogen-bond acceptors (Lipinski definition) is 1. The van der Waals surface area contributed by atoms with Gasteiger partial charge in [0.15, 0.2) is 0 Å². The Morgan fingerprint density at radius 2 is 2.08 bits per heavy atom. The molecule has 0 spiro atoms. The number of hydrogen-bond donors (Lipinski definition) is 0. The van der Waals surface area contributed by atoms with E-state index in [9.17, 15) is 0 Å². The summed E-state index contributed by atoms with van der Waals surface area (Å²) in [4.78, 5) is 0. The molecule has 1 saturated carbocycles. The molecule has 0 atom stereocenters. The Hall–Kier alpha value is -0.300. The predicted octanol–water partition coefficient (Wildman–Crippen LogP) is 4.12. The third-order valence-electron chi connectivity index (χ3n) is 3.24. The molecule has 1 fully saturated rings. The van der Waals surface area contributed by atoms with Crippen molar-refractivity contribution in [3.05, 3.63) is 22.4 Å². The number of rotatable bonds is 2. The highest BCUT2D eigenvalue weighted by molar-refractivity contribution is 7.07. The monoisotopic (exact) mass is 194 g/mol. The van der Waals surface area contributed by atoms with Gasteiger partial charge in [0, 0.05) is 0 Å². The smallest absolute Gasteiger partial charge is 0.00612 e. The Balaban J connectivity index is 1.83. The van der Waals surface area contributed by atoms with Gasteiger partial charge in [0.2, 0.25) is 0 Å². The van der Waals surface area contributed by atoms with Crippen LogP contribution in [0.2, 0.25) is 0 Å². The summed E-state index contributed by atoms with van der Waals surface area (Å²) in [6, 6.07) is 2.28. The summed E-state index contributed by atoms with van der Waals surface area (Å²) in [6.45, 7) is 2.39. The van der Waals surface area contributed by atoms with Crippen LogP contribution in [-0.2, 0) is 6.42 Å². The molecule has 0 amide bonds. The molecule has 1 aliphatic carbocycles. The Kier molecular flexibility index (Phi) is 3.05. The van der Waals surface area contributed by atoms with Gasteiger partial charge in [-0.05, 0) is 53.5 Å². The van der Waals surface area contributed by atoms with Crippen molar-refractivity contribution in [3.8, 4) is 0 Å². The van der Waals surface area contributed by atoms with Crippen LogP contribution in [0.25, 0.3) is 0 Å². The van der Waals surface area contributed by atoms with Crippen LogP contribution >= 0.6 is 11.3 Å². The Bertz CT molecular complexity index is 230. The number of thiophene rings is 1. The van der Waals surface area contributed by atoms with Gasteiger partial charge in [0.05, 0.1) is 0 Å². The second-order valence-corrected chi connectivity index (χ2v) is 5.24. The Morgan fingerprint density at radius 3 is 2.69 bits per heavy atom. The third kappa shape index (κ3) is 2.57. The van der Waals surface area contributed by atoms with E-state index in [1.54, 1.807) is 5.56 Å². The quantitative estimate of drug-likeness (QED) is 0.664. The van der Waals surface area contributed by atoms with Gasteiger partial charge in [-0.1, -0.05) is 19.8 Å². The van der Waals surface area contributed by atoms with Crippen molar-refractivity contribution >= 4 is 11.3 Å². The maximum absolute atomic E-state index is 2.39. The molecule has 0 nitrogen and oxygen atoms in total. The van der Waals surface area contributed by atoms with E-state index in [-0.39, 0.29) is 0 Å². The molecule has 0 saturated heterocycles. The highest BCUT2D eigenvalue weighted by Crippen LogP contribution is 2.30. The summed E-state index contributed by atoms with van der Waals surface area (Å²) < 4.78 is 0. The maximum Gasteiger partial charge on any atom is -0.00612 e. The first-order valence-electron chi connectivity index (χ1n) is 5.35. The molecular weight excluding hydrogens is 176 g/mol. The van der Waals surface area contributed by atoms with E-state index in [2.05, 4.69) is 23.8 Å². The van der Waals surface area contributed by atoms with Gasteiger partial charge in [-0.15, -0.1) is 0 Å². The van der Waals surface area contributed by atoms with Crippen molar-refractivity contribution in [1.82, 2.24) is 0 Å². The van der Waals surface area contributed by atoms with Gasteiger partial charge in [0.25, 0.3) is 0 Å².